The van der Waals surface area contributed by atoms with Crippen molar-refractivity contribution in [3.8, 4) is 0 Å². The van der Waals surface area contributed by atoms with E-state index in [9.17, 15) is 0 Å². The molecule has 0 amide bonds. The lowest BCUT2D eigenvalue weighted by Gasteiger charge is -2.35. The van der Waals surface area contributed by atoms with E-state index in [2.05, 4.69) is 60.2 Å². The highest BCUT2D eigenvalue weighted by Gasteiger charge is 2.27. The molecule has 1 N–H and O–H groups in total. The van der Waals surface area contributed by atoms with Gasteiger partial charge >= 0.3 is 0 Å². The molecule has 1 unspecified atom stereocenters. The van der Waals surface area contributed by atoms with Crippen LogP contribution in [0.2, 0.25) is 0 Å². The first-order valence-electron chi connectivity index (χ1n) is 6.95. The molecule has 0 bridgehead atoms. The average molecular weight is 310 g/mol. The van der Waals surface area contributed by atoms with E-state index in [4.69, 9.17) is 0 Å². The molecule has 0 aliphatic heterocycles. The number of benzene rings is 1. The summed E-state index contributed by atoms with van der Waals surface area (Å²) in [5.41, 5.74) is 3.23. The summed E-state index contributed by atoms with van der Waals surface area (Å²) in [6.45, 7) is 7.93. The van der Waals surface area contributed by atoms with Crippen LogP contribution in [0.5, 0.6) is 0 Å². The van der Waals surface area contributed by atoms with Crippen LogP contribution in [0, 0.1) is 12.3 Å². The molecule has 1 aromatic carbocycles. The van der Waals surface area contributed by atoms with E-state index >= 15 is 0 Å². The largest absolute Gasteiger partial charge is 0.310 e. The summed E-state index contributed by atoms with van der Waals surface area (Å²) < 4.78 is 1.20. The maximum Gasteiger partial charge on any atom is 0.0208 e. The van der Waals surface area contributed by atoms with Crippen molar-refractivity contribution in [3.05, 3.63) is 33.8 Å². The quantitative estimate of drug-likeness (QED) is 0.844. The van der Waals surface area contributed by atoms with Crippen LogP contribution in [0.15, 0.2) is 22.7 Å². The van der Waals surface area contributed by atoms with Crippen LogP contribution in [0.25, 0.3) is 0 Å². The zero-order valence-electron chi connectivity index (χ0n) is 11.7. The van der Waals surface area contributed by atoms with E-state index in [1.165, 1.54) is 41.3 Å². The molecule has 0 saturated heterocycles. The number of rotatable bonds is 3. The zero-order chi connectivity index (χ0) is 13.2. The van der Waals surface area contributed by atoms with E-state index in [1.54, 1.807) is 0 Å². The van der Waals surface area contributed by atoms with Gasteiger partial charge in [0.25, 0.3) is 0 Å². The van der Waals surface area contributed by atoms with Crippen molar-refractivity contribution in [2.45, 2.75) is 59.0 Å². The molecule has 1 aliphatic rings. The van der Waals surface area contributed by atoms with Crippen molar-refractivity contribution in [1.82, 2.24) is 5.32 Å². The average Bonchev–Trinajstić information content (AvgIpc) is 2.29. The van der Waals surface area contributed by atoms with Crippen LogP contribution in [-0.2, 0) is 6.54 Å². The van der Waals surface area contributed by atoms with Crippen LogP contribution < -0.4 is 5.32 Å². The standard InChI is InChI=1S/C16H24BrN/c1-12-9-13(6-7-15(12)17)11-18-14-5-4-8-16(2,3)10-14/h6-7,9,14,18H,4-5,8,10-11H2,1-3H3. The maximum atomic E-state index is 3.72. The summed E-state index contributed by atoms with van der Waals surface area (Å²) in [5.74, 6) is 0. The van der Waals surface area contributed by atoms with Crippen molar-refractivity contribution in [2.75, 3.05) is 0 Å². The molecule has 1 atom stereocenters. The third kappa shape index (κ3) is 3.83. The van der Waals surface area contributed by atoms with Gasteiger partial charge in [-0.05, 0) is 48.8 Å². The highest BCUT2D eigenvalue weighted by Crippen LogP contribution is 2.35. The van der Waals surface area contributed by atoms with Gasteiger partial charge in [0, 0.05) is 17.1 Å². The highest BCUT2D eigenvalue weighted by molar-refractivity contribution is 9.10. The van der Waals surface area contributed by atoms with Gasteiger partial charge in [-0.25, -0.2) is 0 Å². The van der Waals surface area contributed by atoms with Crippen LogP contribution >= 0.6 is 15.9 Å². The third-order valence-electron chi connectivity index (χ3n) is 4.02. The second-order valence-electron chi connectivity index (χ2n) is 6.42. The van der Waals surface area contributed by atoms with Gasteiger partial charge in [-0.3, -0.25) is 0 Å². The number of nitrogens with one attached hydrogen (secondary N) is 1. The molecule has 0 radical (unpaired) electrons. The molecule has 1 aliphatic carbocycles. The van der Waals surface area contributed by atoms with E-state index in [0.717, 1.165) is 6.54 Å². The normalized spacial score (nSPS) is 23.0. The van der Waals surface area contributed by atoms with Crippen molar-refractivity contribution < 1.29 is 0 Å². The van der Waals surface area contributed by atoms with Gasteiger partial charge in [-0.2, -0.15) is 0 Å². The topological polar surface area (TPSA) is 12.0 Å². The molecule has 0 spiro atoms. The molecule has 1 nitrogen and oxygen atoms in total. The van der Waals surface area contributed by atoms with Gasteiger partial charge in [-0.1, -0.05) is 48.3 Å². The fraction of sp³-hybridized carbons (Fsp3) is 0.625. The Morgan fingerprint density at radius 1 is 1.39 bits per heavy atom. The van der Waals surface area contributed by atoms with Crippen molar-refractivity contribution in [1.29, 1.82) is 0 Å². The van der Waals surface area contributed by atoms with Gasteiger partial charge in [0.2, 0.25) is 0 Å². The van der Waals surface area contributed by atoms with Crippen molar-refractivity contribution in [2.24, 2.45) is 5.41 Å². The van der Waals surface area contributed by atoms with E-state index in [-0.39, 0.29) is 0 Å². The first-order valence-corrected chi connectivity index (χ1v) is 7.74. The Balaban J connectivity index is 1.89. The first-order chi connectivity index (χ1) is 8.46. The molecule has 1 fully saturated rings. The van der Waals surface area contributed by atoms with Gasteiger partial charge in [-0.15, -0.1) is 0 Å². The molecular formula is C16H24BrN. The van der Waals surface area contributed by atoms with E-state index in [0.29, 0.717) is 11.5 Å². The number of halogens is 1. The molecule has 2 rings (SSSR count). The predicted octanol–water partition coefficient (Wildman–Crippen LogP) is 4.82. The summed E-state index contributed by atoms with van der Waals surface area (Å²) in [7, 11) is 0. The Kier molecular flexibility index (Phi) is 4.50. The Labute approximate surface area is 119 Å². The van der Waals surface area contributed by atoms with Crippen molar-refractivity contribution in [3.63, 3.8) is 0 Å². The van der Waals surface area contributed by atoms with Crippen molar-refractivity contribution >= 4 is 15.9 Å². The third-order valence-corrected chi connectivity index (χ3v) is 4.91. The Morgan fingerprint density at radius 2 is 2.17 bits per heavy atom. The Morgan fingerprint density at radius 3 is 2.83 bits per heavy atom. The van der Waals surface area contributed by atoms with E-state index < -0.39 is 0 Å². The minimum absolute atomic E-state index is 0.519. The summed E-state index contributed by atoms with van der Waals surface area (Å²) in [6, 6.07) is 7.32. The number of hydrogen-bond donors (Lipinski definition) is 1. The zero-order valence-corrected chi connectivity index (χ0v) is 13.3. The maximum absolute atomic E-state index is 3.72. The SMILES string of the molecule is Cc1cc(CNC2CCCC(C)(C)C2)ccc1Br. The van der Waals surface area contributed by atoms with E-state index in [1.807, 2.05) is 0 Å². The van der Waals surface area contributed by atoms with Gasteiger partial charge in [0.15, 0.2) is 0 Å². The predicted molar refractivity (Wildman–Crippen MR) is 81.8 cm³/mol. The minimum Gasteiger partial charge on any atom is -0.310 e. The fourth-order valence-corrected chi connectivity index (χ4v) is 3.20. The van der Waals surface area contributed by atoms with Gasteiger partial charge in [0.1, 0.15) is 0 Å². The second kappa shape index (κ2) is 5.75. The van der Waals surface area contributed by atoms with Gasteiger partial charge in [0.05, 0.1) is 0 Å². The number of hydrogen-bond acceptors (Lipinski definition) is 1. The molecule has 1 saturated carbocycles. The monoisotopic (exact) mass is 309 g/mol. The Bertz CT molecular complexity index is 412. The molecule has 18 heavy (non-hydrogen) atoms. The van der Waals surface area contributed by atoms with Gasteiger partial charge < -0.3 is 5.32 Å². The summed E-state index contributed by atoms with van der Waals surface area (Å²) >= 11 is 3.55. The summed E-state index contributed by atoms with van der Waals surface area (Å²) in [6.07, 6.45) is 5.38. The van der Waals surface area contributed by atoms with Crippen LogP contribution in [0.4, 0.5) is 0 Å². The van der Waals surface area contributed by atoms with Crippen LogP contribution in [0.3, 0.4) is 0 Å². The number of aryl methyl sites for hydroxylation is 1. The lowest BCUT2D eigenvalue weighted by Crippen LogP contribution is -2.36. The summed E-state index contributed by atoms with van der Waals surface area (Å²) in [4.78, 5) is 0. The second-order valence-corrected chi connectivity index (χ2v) is 7.28. The Hall–Kier alpha value is -0.340. The highest BCUT2D eigenvalue weighted by atomic mass is 79.9. The fourth-order valence-electron chi connectivity index (χ4n) is 2.95. The lowest BCUT2D eigenvalue weighted by atomic mass is 9.75. The molecule has 0 heterocycles. The molecule has 1 aromatic rings. The molecule has 100 valence electrons. The lowest BCUT2D eigenvalue weighted by molar-refractivity contribution is 0.198. The first kappa shape index (κ1) is 14.1. The smallest absolute Gasteiger partial charge is 0.0208 e. The summed E-state index contributed by atoms with van der Waals surface area (Å²) in [5, 5.41) is 3.72. The molecule has 2 heteroatoms. The molecular weight excluding hydrogens is 286 g/mol. The van der Waals surface area contributed by atoms with Crippen LogP contribution in [0.1, 0.15) is 50.7 Å². The molecule has 0 aromatic heterocycles. The minimum atomic E-state index is 0.519. The van der Waals surface area contributed by atoms with Crippen LogP contribution in [-0.4, -0.2) is 6.04 Å².